The van der Waals surface area contributed by atoms with Gasteiger partial charge in [0, 0.05) is 12.0 Å². The standard InChI is InChI=1S/C16H23NO4/c1-11(12-7-5-6-8-13(12)21-4)17-14(18)9-16(2,3)10-15(19)20/h5-8,11H,9-10H2,1-4H3,(H,17,18)(H,19,20)/t11-/m0/s1. The second kappa shape index (κ2) is 7.11. The van der Waals surface area contributed by atoms with Gasteiger partial charge in [-0.2, -0.15) is 0 Å². The summed E-state index contributed by atoms with van der Waals surface area (Å²) in [7, 11) is 1.59. The average molecular weight is 293 g/mol. The Morgan fingerprint density at radius 1 is 1.29 bits per heavy atom. The number of benzene rings is 1. The van der Waals surface area contributed by atoms with E-state index >= 15 is 0 Å². The number of nitrogens with one attached hydrogen (secondary N) is 1. The van der Waals surface area contributed by atoms with Gasteiger partial charge >= 0.3 is 5.97 Å². The molecule has 0 saturated carbocycles. The van der Waals surface area contributed by atoms with Gasteiger partial charge in [-0.3, -0.25) is 9.59 Å². The molecule has 0 heterocycles. The van der Waals surface area contributed by atoms with Crippen molar-refractivity contribution >= 4 is 11.9 Å². The smallest absolute Gasteiger partial charge is 0.303 e. The first-order valence-electron chi connectivity index (χ1n) is 6.89. The molecule has 116 valence electrons. The number of methoxy groups -OCH3 is 1. The molecule has 0 aromatic heterocycles. The minimum Gasteiger partial charge on any atom is -0.496 e. The van der Waals surface area contributed by atoms with Crippen LogP contribution in [0.15, 0.2) is 24.3 Å². The van der Waals surface area contributed by atoms with Crippen molar-refractivity contribution in [1.82, 2.24) is 5.32 Å². The maximum atomic E-state index is 12.1. The third kappa shape index (κ3) is 5.45. The van der Waals surface area contributed by atoms with Crippen LogP contribution in [0.4, 0.5) is 0 Å². The molecule has 0 aliphatic rings. The molecular weight excluding hydrogens is 270 g/mol. The molecule has 5 heteroatoms. The predicted octanol–water partition coefficient (Wildman–Crippen LogP) is 2.76. The number of carboxylic acids is 1. The summed E-state index contributed by atoms with van der Waals surface area (Å²) in [5.74, 6) is -0.347. The second-order valence-corrected chi connectivity index (χ2v) is 5.94. The van der Waals surface area contributed by atoms with E-state index in [1.54, 1.807) is 21.0 Å². The van der Waals surface area contributed by atoms with Crippen LogP contribution >= 0.6 is 0 Å². The molecule has 0 bridgehead atoms. The van der Waals surface area contributed by atoms with Crippen LogP contribution in [0.5, 0.6) is 5.75 Å². The number of hydrogen-bond donors (Lipinski definition) is 2. The Morgan fingerprint density at radius 3 is 2.48 bits per heavy atom. The largest absolute Gasteiger partial charge is 0.496 e. The zero-order valence-corrected chi connectivity index (χ0v) is 13.0. The summed E-state index contributed by atoms with van der Waals surface area (Å²) < 4.78 is 5.27. The van der Waals surface area contributed by atoms with Gasteiger partial charge in [-0.05, 0) is 18.4 Å². The van der Waals surface area contributed by atoms with E-state index in [0.717, 1.165) is 11.3 Å². The van der Waals surface area contributed by atoms with Crippen LogP contribution in [-0.4, -0.2) is 24.1 Å². The van der Waals surface area contributed by atoms with Gasteiger partial charge in [0.2, 0.25) is 5.91 Å². The van der Waals surface area contributed by atoms with E-state index in [2.05, 4.69) is 5.32 Å². The highest BCUT2D eigenvalue weighted by atomic mass is 16.5. The monoisotopic (exact) mass is 293 g/mol. The Bertz CT molecular complexity index is 511. The second-order valence-electron chi connectivity index (χ2n) is 5.94. The van der Waals surface area contributed by atoms with Crippen LogP contribution < -0.4 is 10.1 Å². The fraction of sp³-hybridized carbons (Fsp3) is 0.500. The lowest BCUT2D eigenvalue weighted by atomic mass is 9.85. The quantitative estimate of drug-likeness (QED) is 0.810. The summed E-state index contributed by atoms with van der Waals surface area (Å²) in [5.41, 5.74) is 0.320. The molecule has 5 nitrogen and oxygen atoms in total. The van der Waals surface area contributed by atoms with Gasteiger partial charge in [-0.1, -0.05) is 32.0 Å². The normalized spacial score (nSPS) is 12.6. The molecule has 1 atom stereocenters. The molecule has 0 radical (unpaired) electrons. The van der Waals surface area contributed by atoms with Crippen LogP contribution in [0.2, 0.25) is 0 Å². The molecule has 0 aliphatic heterocycles. The van der Waals surface area contributed by atoms with Crippen LogP contribution in [-0.2, 0) is 9.59 Å². The molecule has 0 unspecified atom stereocenters. The molecule has 2 N–H and O–H groups in total. The summed E-state index contributed by atoms with van der Waals surface area (Å²) in [4.78, 5) is 22.9. The van der Waals surface area contributed by atoms with Gasteiger partial charge in [0.1, 0.15) is 5.75 Å². The summed E-state index contributed by atoms with van der Waals surface area (Å²) in [5, 5.41) is 11.7. The maximum Gasteiger partial charge on any atom is 0.303 e. The van der Waals surface area contributed by atoms with Crippen LogP contribution in [0.25, 0.3) is 0 Å². The molecular formula is C16H23NO4. The molecule has 1 amide bonds. The van der Waals surface area contributed by atoms with Crippen molar-refractivity contribution in [3.63, 3.8) is 0 Å². The zero-order valence-electron chi connectivity index (χ0n) is 13.0. The van der Waals surface area contributed by atoms with Gasteiger partial charge in [0.25, 0.3) is 0 Å². The lowest BCUT2D eigenvalue weighted by Gasteiger charge is -2.23. The molecule has 0 fully saturated rings. The third-order valence-corrected chi connectivity index (χ3v) is 3.25. The van der Waals surface area contributed by atoms with E-state index in [-0.39, 0.29) is 24.8 Å². The topological polar surface area (TPSA) is 75.6 Å². The third-order valence-electron chi connectivity index (χ3n) is 3.25. The van der Waals surface area contributed by atoms with Crippen molar-refractivity contribution in [3.8, 4) is 5.75 Å². The zero-order chi connectivity index (χ0) is 16.0. The van der Waals surface area contributed by atoms with E-state index in [1.165, 1.54) is 0 Å². The van der Waals surface area contributed by atoms with Crippen molar-refractivity contribution in [1.29, 1.82) is 0 Å². The average Bonchev–Trinajstić information content (AvgIpc) is 2.35. The lowest BCUT2D eigenvalue weighted by molar-refractivity contribution is -0.139. The van der Waals surface area contributed by atoms with Crippen molar-refractivity contribution < 1.29 is 19.4 Å². The van der Waals surface area contributed by atoms with E-state index in [0.29, 0.717) is 0 Å². The molecule has 1 aromatic carbocycles. The number of carbonyl (C=O) groups excluding carboxylic acids is 1. The number of amides is 1. The Kier molecular flexibility index (Phi) is 5.76. The van der Waals surface area contributed by atoms with Gasteiger partial charge < -0.3 is 15.2 Å². The van der Waals surface area contributed by atoms with E-state index in [9.17, 15) is 9.59 Å². The summed E-state index contributed by atoms with van der Waals surface area (Å²) in [6, 6.07) is 7.29. The number of carbonyl (C=O) groups is 2. The van der Waals surface area contributed by atoms with Gasteiger partial charge in [-0.25, -0.2) is 0 Å². The Hall–Kier alpha value is -2.04. The Labute approximate surface area is 125 Å². The minimum absolute atomic E-state index is 0.0382. The molecule has 1 rings (SSSR count). The number of ether oxygens (including phenoxy) is 1. The van der Waals surface area contributed by atoms with Gasteiger partial charge in [0.05, 0.1) is 19.6 Å². The first kappa shape index (κ1) is 17.0. The first-order valence-corrected chi connectivity index (χ1v) is 6.89. The number of rotatable bonds is 7. The highest BCUT2D eigenvalue weighted by Gasteiger charge is 2.26. The number of para-hydroxylation sites is 1. The highest BCUT2D eigenvalue weighted by Crippen LogP contribution is 2.27. The SMILES string of the molecule is COc1ccccc1[C@H](C)NC(=O)CC(C)(C)CC(=O)O. The van der Waals surface area contributed by atoms with Crippen LogP contribution in [0, 0.1) is 5.41 Å². The van der Waals surface area contributed by atoms with Crippen molar-refractivity contribution in [2.24, 2.45) is 5.41 Å². The number of carboxylic acid groups (broad SMARTS) is 1. The Morgan fingerprint density at radius 2 is 1.90 bits per heavy atom. The van der Waals surface area contributed by atoms with E-state index < -0.39 is 11.4 Å². The molecule has 0 saturated heterocycles. The van der Waals surface area contributed by atoms with Gasteiger partial charge in [-0.15, -0.1) is 0 Å². The number of aliphatic carboxylic acids is 1. The summed E-state index contributed by atoms with van der Waals surface area (Å²) in [6.45, 7) is 5.42. The molecule has 21 heavy (non-hydrogen) atoms. The molecule has 0 aliphatic carbocycles. The van der Waals surface area contributed by atoms with Crippen molar-refractivity contribution in [2.45, 2.75) is 39.7 Å². The van der Waals surface area contributed by atoms with Crippen LogP contribution in [0.1, 0.15) is 45.2 Å². The van der Waals surface area contributed by atoms with E-state index in [4.69, 9.17) is 9.84 Å². The molecule has 0 spiro atoms. The van der Waals surface area contributed by atoms with E-state index in [1.807, 2.05) is 31.2 Å². The summed E-state index contributed by atoms with van der Waals surface area (Å²) in [6.07, 6.45) is 0.127. The highest BCUT2D eigenvalue weighted by molar-refractivity contribution is 5.78. The summed E-state index contributed by atoms with van der Waals surface area (Å²) >= 11 is 0. The van der Waals surface area contributed by atoms with Crippen molar-refractivity contribution in [2.75, 3.05) is 7.11 Å². The fourth-order valence-electron chi connectivity index (χ4n) is 2.30. The molecule has 1 aromatic rings. The van der Waals surface area contributed by atoms with Crippen molar-refractivity contribution in [3.05, 3.63) is 29.8 Å². The fourth-order valence-corrected chi connectivity index (χ4v) is 2.30. The minimum atomic E-state index is -0.898. The Balaban J connectivity index is 2.68. The predicted molar refractivity (Wildman–Crippen MR) is 80.2 cm³/mol. The number of hydrogen-bond acceptors (Lipinski definition) is 3. The van der Waals surface area contributed by atoms with Crippen LogP contribution in [0.3, 0.4) is 0 Å². The van der Waals surface area contributed by atoms with Gasteiger partial charge in [0.15, 0.2) is 0 Å². The lowest BCUT2D eigenvalue weighted by Crippen LogP contribution is -2.32. The first-order chi connectivity index (χ1) is 9.75. The maximum absolute atomic E-state index is 12.1.